The summed E-state index contributed by atoms with van der Waals surface area (Å²) in [4.78, 5) is 27.6. The second-order valence-corrected chi connectivity index (χ2v) is 9.73. The van der Waals surface area contributed by atoms with Crippen LogP contribution in [0.5, 0.6) is 0 Å². The number of fused-ring (bicyclic) bond motifs is 3. The lowest BCUT2D eigenvalue weighted by atomic mass is 10.0. The molecule has 0 saturated heterocycles. The van der Waals surface area contributed by atoms with Crippen LogP contribution in [0.3, 0.4) is 0 Å². The van der Waals surface area contributed by atoms with Gasteiger partial charge in [-0.25, -0.2) is 9.97 Å². The van der Waals surface area contributed by atoms with Gasteiger partial charge in [0.15, 0.2) is 5.82 Å². The third kappa shape index (κ3) is 4.61. The van der Waals surface area contributed by atoms with Gasteiger partial charge in [-0.2, -0.15) is 0 Å². The molecule has 0 fully saturated rings. The molecule has 6 heteroatoms. The second-order valence-electron chi connectivity index (χ2n) is 9.73. The SMILES string of the molecule is C=Nc1cc(-c2cc(-c3ccc4nccnc4c3)nc(-c3ccc4cc5ccccc5cc4c3)n2)ccc1/N=C\C. The molecule has 0 spiro atoms. The lowest BCUT2D eigenvalue weighted by molar-refractivity contribution is 1.18. The molecule has 0 aliphatic rings. The zero-order chi connectivity index (χ0) is 27.8. The molecule has 2 aromatic heterocycles. The Morgan fingerprint density at radius 1 is 0.585 bits per heavy atom. The summed E-state index contributed by atoms with van der Waals surface area (Å²) < 4.78 is 0. The van der Waals surface area contributed by atoms with Crippen LogP contribution in [0.1, 0.15) is 6.92 Å². The monoisotopic (exact) mass is 528 g/mol. The molecule has 0 amide bonds. The van der Waals surface area contributed by atoms with Gasteiger partial charge >= 0.3 is 0 Å². The quantitative estimate of drug-likeness (QED) is 0.165. The fourth-order valence-electron chi connectivity index (χ4n) is 5.13. The van der Waals surface area contributed by atoms with Gasteiger partial charge < -0.3 is 0 Å². The molecule has 194 valence electrons. The second kappa shape index (κ2) is 10.2. The summed E-state index contributed by atoms with van der Waals surface area (Å²) in [5.74, 6) is 0.635. The highest BCUT2D eigenvalue weighted by molar-refractivity contribution is 5.99. The molecule has 7 rings (SSSR count). The number of benzene rings is 5. The van der Waals surface area contributed by atoms with Crippen molar-refractivity contribution in [2.75, 3.05) is 0 Å². The van der Waals surface area contributed by atoms with E-state index >= 15 is 0 Å². The van der Waals surface area contributed by atoms with Crippen molar-refractivity contribution in [1.82, 2.24) is 19.9 Å². The van der Waals surface area contributed by atoms with Gasteiger partial charge in [0.1, 0.15) is 0 Å². The average molecular weight is 529 g/mol. The van der Waals surface area contributed by atoms with E-state index in [-0.39, 0.29) is 0 Å². The molecule has 6 nitrogen and oxygen atoms in total. The van der Waals surface area contributed by atoms with Crippen molar-refractivity contribution < 1.29 is 0 Å². The lowest BCUT2D eigenvalue weighted by Gasteiger charge is -2.11. The predicted octanol–water partition coefficient (Wildman–Crippen LogP) is 8.78. The standard InChI is InChI=1S/C35H24N6/c1-3-37-29-12-10-25(19-33(29)36-2)31-21-32(26-11-13-30-34(20-26)39-15-14-38-30)41-35(40-31)27-9-8-24-16-22-6-4-5-7-23(22)17-28(24)18-27/h3-21H,2H2,1H3/b37-3-. The van der Waals surface area contributed by atoms with E-state index < -0.39 is 0 Å². The van der Waals surface area contributed by atoms with Gasteiger partial charge in [-0.15, -0.1) is 0 Å². The molecular formula is C35H24N6. The summed E-state index contributed by atoms with van der Waals surface area (Å²) in [7, 11) is 0. The first-order valence-corrected chi connectivity index (χ1v) is 13.3. The highest BCUT2D eigenvalue weighted by Gasteiger charge is 2.14. The van der Waals surface area contributed by atoms with Crippen LogP contribution in [0.2, 0.25) is 0 Å². The number of hydrogen-bond acceptors (Lipinski definition) is 6. The van der Waals surface area contributed by atoms with Crippen LogP contribution in [0, 0.1) is 0 Å². The fraction of sp³-hybridized carbons (Fsp3) is 0.0286. The molecule has 0 N–H and O–H groups in total. The van der Waals surface area contributed by atoms with Crippen molar-refractivity contribution in [3.63, 3.8) is 0 Å². The first-order valence-electron chi connectivity index (χ1n) is 13.3. The van der Waals surface area contributed by atoms with Crippen LogP contribution in [0.25, 0.3) is 66.5 Å². The van der Waals surface area contributed by atoms with E-state index in [1.54, 1.807) is 18.6 Å². The first kappa shape index (κ1) is 24.4. The summed E-state index contributed by atoms with van der Waals surface area (Å²) in [5, 5.41) is 4.72. The van der Waals surface area contributed by atoms with E-state index in [9.17, 15) is 0 Å². The van der Waals surface area contributed by atoms with Crippen molar-refractivity contribution in [2.24, 2.45) is 9.98 Å². The number of nitrogens with zero attached hydrogens (tertiary/aromatic N) is 6. The molecule has 0 atom stereocenters. The predicted molar refractivity (Wildman–Crippen MR) is 169 cm³/mol. The summed E-state index contributed by atoms with van der Waals surface area (Å²) in [5.41, 5.74) is 7.44. The van der Waals surface area contributed by atoms with Gasteiger partial charge in [0.25, 0.3) is 0 Å². The van der Waals surface area contributed by atoms with Crippen LogP contribution < -0.4 is 0 Å². The van der Waals surface area contributed by atoms with E-state index in [0.29, 0.717) is 11.5 Å². The van der Waals surface area contributed by atoms with Crippen molar-refractivity contribution in [2.45, 2.75) is 6.92 Å². The van der Waals surface area contributed by atoms with Gasteiger partial charge in [0, 0.05) is 35.3 Å². The molecule has 0 aliphatic carbocycles. The summed E-state index contributed by atoms with van der Waals surface area (Å²) >= 11 is 0. The Morgan fingerprint density at radius 3 is 2.00 bits per heavy atom. The number of hydrogen-bond donors (Lipinski definition) is 0. The number of aliphatic imine (C=N–C) groups is 2. The maximum Gasteiger partial charge on any atom is 0.160 e. The summed E-state index contributed by atoms with van der Waals surface area (Å²) in [6, 6.07) is 33.1. The number of rotatable bonds is 5. The van der Waals surface area contributed by atoms with Gasteiger partial charge in [-0.05, 0) is 83.7 Å². The Labute approximate surface area is 236 Å². The van der Waals surface area contributed by atoms with Crippen molar-refractivity contribution in [3.05, 3.63) is 109 Å². The van der Waals surface area contributed by atoms with E-state index in [0.717, 1.165) is 50.2 Å². The maximum absolute atomic E-state index is 5.05. The van der Waals surface area contributed by atoms with Crippen LogP contribution >= 0.6 is 0 Å². The molecule has 7 aromatic rings. The Bertz CT molecular complexity index is 2150. The Hall–Kier alpha value is -5.62. The van der Waals surface area contributed by atoms with E-state index in [2.05, 4.69) is 81.3 Å². The van der Waals surface area contributed by atoms with Crippen LogP contribution in [-0.4, -0.2) is 32.9 Å². The van der Waals surface area contributed by atoms with E-state index in [1.165, 1.54) is 16.2 Å². The molecule has 0 radical (unpaired) electrons. The molecular weight excluding hydrogens is 504 g/mol. The van der Waals surface area contributed by atoms with Crippen molar-refractivity contribution in [3.8, 4) is 33.9 Å². The Balaban J connectivity index is 1.43. The van der Waals surface area contributed by atoms with Crippen molar-refractivity contribution in [1.29, 1.82) is 0 Å². The fourth-order valence-corrected chi connectivity index (χ4v) is 5.13. The van der Waals surface area contributed by atoms with Crippen LogP contribution in [0.4, 0.5) is 11.4 Å². The average Bonchev–Trinajstić information content (AvgIpc) is 3.03. The first-order chi connectivity index (χ1) is 20.2. The van der Waals surface area contributed by atoms with Gasteiger partial charge in [-0.3, -0.25) is 20.0 Å². The third-order valence-electron chi connectivity index (χ3n) is 7.16. The molecule has 0 unspecified atom stereocenters. The Kier molecular flexibility index (Phi) is 6.06. The minimum absolute atomic E-state index is 0.635. The third-order valence-corrected chi connectivity index (χ3v) is 7.16. The smallest absolute Gasteiger partial charge is 0.160 e. The normalized spacial score (nSPS) is 11.5. The molecule has 0 bridgehead atoms. The molecule has 0 aliphatic heterocycles. The highest BCUT2D eigenvalue weighted by Crippen LogP contribution is 2.35. The number of aromatic nitrogens is 4. The molecule has 0 saturated carbocycles. The summed E-state index contributed by atoms with van der Waals surface area (Å²) in [6.45, 7) is 5.63. The van der Waals surface area contributed by atoms with E-state index in [4.69, 9.17) is 9.97 Å². The minimum Gasteiger partial charge on any atom is -0.262 e. The van der Waals surface area contributed by atoms with Crippen molar-refractivity contribution >= 4 is 56.9 Å². The van der Waals surface area contributed by atoms with E-state index in [1.807, 2.05) is 49.4 Å². The molecule has 41 heavy (non-hydrogen) atoms. The van der Waals surface area contributed by atoms with Crippen LogP contribution in [-0.2, 0) is 0 Å². The highest BCUT2D eigenvalue weighted by atomic mass is 14.9. The van der Waals surface area contributed by atoms with Gasteiger partial charge in [-0.1, -0.05) is 48.5 Å². The van der Waals surface area contributed by atoms with Crippen LogP contribution in [0.15, 0.2) is 119 Å². The Morgan fingerprint density at radius 2 is 1.24 bits per heavy atom. The topological polar surface area (TPSA) is 76.3 Å². The zero-order valence-corrected chi connectivity index (χ0v) is 22.4. The maximum atomic E-state index is 5.05. The molecule has 2 heterocycles. The molecule has 5 aromatic carbocycles. The van der Waals surface area contributed by atoms with Gasteiger partial charge in [0.05, 0.1) is 33.8 Å². The lowest BCUT2D eigenvalue weighted by Crippen LogP contribution is -1.96. The zero-order valence-electron chi connectivity index (χ0n) is 22.4. The minimum atomic E-state index is 0.635. The van der Waals surface area contributed by atoms with Gasteiger partial charge in [0.2, 0.25) is 0 Å². The largest absolute Gasteiger partial charge is 0.262 e. The summed E-state index contributed by atoms with van der Waals surface area (Å²) in [6.07, 6.45) is 5.14.